The van der Waals surface area contributed by atoms with Gasteiger partial charge in [-0.25, -0.2) is 9.97 Å². The third kappa shape index (κ3) is 5.01. The fourth-order valence-electron chi connectivity index (χ4n) is 4.77. The van der Waals surface area contributed by atoms with Gasteiger partial charge >= 0.3 is 0 Å². The van der Waals surface area contributed by atoms with Crippen molar-refractivity contribution in [3.8, 4) is 5.75 Å². The number of hydrogen-bond donors (Lipinski definition) is 3. The molecule has 0 aliphatic carbocycles. The van der Waals surface area contributed by atoms with Gasteiger partial charge in [-0.15, -0.1) is 0 Å². The number of amidine groups is 1. The Labute approximate surface area is 215 Å². The fraction of sp³-hybridized carbons (Fsp3) is 0.241. The molecule has 37 heavy (non-hydrogen) atoms. The van der Waals surface area contributed by atoms with Crippen molar-refractivity contribution in [3.05, 3.63) is 101 Å². The molecule has 0 radical (unpaired) electrons. The highest BCUT2D eigenvalue weighted by Gasteiger charge is 2.24. The van der Waals surface area contributed by atoms with Crippen LogP contribution >= 0.6 is 0 Å². The average molecular weight is 495 g/mol. The van der Waals surface area contributed by atoms with E-state index in [0.29, 0.717) is 40.3 Å². The predicted octanol–water partition coefficient (Wildman–Crippen LogP) is 4.09. The first kappa shape index (κ1) is 24.4. The number of aryl methyl sites for hydroxylation is 1. The van der Waals surface area contributed by atoms with Crippen LogP contribution < -0.4 is 16.2 Å². The Balaban J connectivity index is 1.53. The van der Waals surface area contributed by atoms with Gasteiger partial charge in [0.25, 0.3) is 5.91 Å². The number of rotatable bonds is 7. The van der Waals surface area contributed by atoms with E-state index in [4.69, 9.17) is 21.6 Å². The molecule has 8 nitrogen and oxygen atoms in total. The molecule has 1 saturated heterocycles. The summed E-state index contributed by atoms with van der Waals surface area (Å²) >= 11 is 0. The number of nitrogens with zero attached hydrogens (tertiary/aromatic N) is 3. The average Bonchev–Trinajstić information content (AvgIpc) is 3.46. The molecule has 4 aromatic rings. The van der Waals surface area contributed by atoms with Gasteiger partial charge < -0.3 is 21.1 Å². The highest BCUT2D eigenvalue weighted by atomic mass is 16.5. The van der Waals surface area contributed by atoms with Gasteiger partial charge in [0.1, 0.15) is 24.5 Å². The molecule has 2 heterocycles. The van der Waals surface area contributed by atoms with Crippen molar-refractivity contribution >= 4 is 22.6 Å². The van der Waals surface area contributed by atoms with E-state index in [1.165, 1.54) is 6.33 Å². The molecule has 3 aromatic carbocycles. The van der Waals surface area contributed by atoms with Crippen LogP contribution in [-0.4, -0.2) is 39.7 Å². The maximum Gasteiger partial charge on any atom is 0.254 e. The minimum Gasteiger partial charge on any atom is -0.489 e. The lowest BCUT2D eigenvalue weighted by molar-refractivity contribution is 0.0792. The summed E-state index contributed by atoms with van der Waals surface area (Å²) in [5.74, 6) is 0.564. The first-order chi connectivity index (χ1) is 17.9. The Bertz CT molecular complexity index is 1460. The van der Waals surface area contributed by atoms with E-state index in [-0.39, 0.29) is 11.7 Å². The molecule has 1 amide bonds. The van der Waals surface area contributed by atoms with Gasteiger partial charge in [-0.3, -0.25) is 10.2 Å². The van der Waals surface area contributed by atoms with Crippen LogP contribution in [0.4, 0.5) is 0 Å². The normalized spacial score (nSPS) is 14.1. The van der Waals surface area contributed by atoms with Crippen molar-refractivity contribution in [1.29, 1.82) is 5.41 Å². The van der Waals surface area contributed by atoms with Gasteiger partial charge in [0.15, 0.2) is 0 Å². The summed E-state index contributed by atoms with van der Waals surface area (Å²) in [7, 11) is 0. The minimum atomic E-state index is -0.671. The van der Waals surface area contributed by atoms with Crippen LogP contribution in [-0.2, 0) is 6.61 Å². The van der Waals surface area contributed by atoms with Crippen molar-refractivity contribution < 1.29 is 9.53 Å². The molecule has 0 bridgehead atoms. The van der Waals surface area contributed by atoms with E-state index in [0.717, 1.165) is 42.4 Å². The molecule has 5 rings (SSSR count). The number of ether oxygens (including phenoxy) is 1. The lowest BCUT2D eigenvalue weighted by Crippen LogP contribution is -2.28. The number of hydrogen-bond acceptors (Lipinski definition) is 6. The first-order valence-corrected chi connectivity index (χ1v) is 12.4. The van der Waals surface area contributed by atoms with Crippen molar-refractivity contribution in [2.75, 3.05) is 13.1 Å². The number of nitrogens with one attached hydrogen (secondary N) is 1. The lowest BCUT2D eigenvalue weighted by Gasteiger charge is -2.20. The number of carbonyl (C=O) groups excluding carboxylic acids is 1. The molecule has 1 fully saturated rings. The summed E-state index contributed by atoms with van der Waals surface area (Å²) in [6.45, 7) is 3.87. The first-order valence-electron chi connectivity index (χ1n) is 12.4. The summed E-state index contributed by atoms with van der Waals surface area (Å²) in [4.78, 5) is 24.0. The Morgan fingerprint density at radius 3 is 2.57 bits per heavy atom. The number of fused-ring (bicyclic) bond motifs is 1. The number of nitrogens with two attached hydrogens (primary N) is 2. The molecule has 1 unspecified atom stereocenters. The van der Waals surface area contributed by atoms with E-state index in [9.17, 15) is 4.79 Å². The zero-order valence-electron chi connectivity index (χ0n) is 20.8. The second-order valence-electron chi connectivity index (χ2n) is 9.36. The second kappa shape index (κ2) is 10.4. The molecule has 1 aliphatic rings. The van der Waals surface area contributed by atoms with Crippen LogP contribution in [0.5, 0.6) is 5.75 Å². The molecule has 5 N–H and O–H groups in total. The standard InChI is InChI=1S/C29H30N6O2/c1-18-13-22-24(15-21(18)29(36)35-11-5-6-12-35)33-17-34-27(22)26(30)23-14-20(28(31)32)9-10-25(23)37-16-19-7-3-2-4-8-19/h2-4,7-10,13-15,17,26H,5-6,11-12,16,30H2,1H3,(H3,31,32). The van der Waals surface area contributed by atoms with Crippen LogP contribution in [0.3, 0.4) is 0 Å². The molecular weight excluding hydrogens is 464 g/mol. The monoisotopic (exact) mass is 494 g/mol. The quantitative estimate of drug-likeness (QED) is 0.262. The SMILES string of the molecule is Cc1cc2c(C(N)c3cc(C(=N)N)ccc3OCc3ccccc3)ncnc2cc1C(=O)N1CCCC1. The van der Waals surface area contributed by atoms with Crippen LogP contribution in [0.1, 0.15) is 57.2 Å². The molecular formula is C29H30N6O2. The Hall–Kier alpha value is -4.30. The number of nitrogen functional groups attached to an aromatic ring is 1. The van der Waals surface area contributed by atoms with Gasteiger partial charge in [0, 0.05) is 35.2 Å². The maximum absolute atomic E-state index is 13.1. The summed E-state index contributed by atoms with van der Waals surface area (Å²) in [6.07, 6.45) is 3.54. The smallest absolute Gasteiger partial charge is 0.254 e. The van der Waals surface area contributed by atoms with Gasteiger partial charge in [-0.1, -0.05) is 30.3 Å². The Morgan fingerprint density at radius 2 is 1.84 bits per heavy atom. The number of carbonyl (C=O) groups is 1. The molecule has 0 spiro atoms. The number of benzene rings is 3. The van der Waals surface area contributed by atoms with Crippen LogP contribution in [0, 0.1) is 12.3 Å². The molecule has 0 saturated carbocycles. The summed E-state index contributed by atoms with van der Waals surface area (Å²) in [5.41, 5.74) is 17.6. The van der Waals surface area contributed by atoms with E-state index < -0.39 is 6.04 Å². The minimum absolute atomic E-state index is 0.0344. The molecule has 1 aromatic heterocycles. The lowest BCUT2D eigenvalue weighted by atomic mass is 9.95. The molecule has 1 aliphatic heterocycles. The predicted molar refractivity (Wildman–Crippen MR) is 144 cm³/mol. The Kier molecular flexibility index (Phi) is 6.83. The van der Waals surface area contributed by atoms with E-state index in [2.05, 4.69) is 9.97 Å². The van der Waals surface area contributed by atoms with Gasteiger partial charge in [0.05, 0.1) is 17.3 Å². The summed E-state index contributed by atoms with van der Waals surface area (Å²) in [5, 5.41) is 8.68. The molecule has 8 heteroatoms. The third-order valence-corrected chi connectivity index (χ3v) is 6.82. The summed E-state index contributed by atoms with van der Waals surface area (Å²) in [6, 6.07) is 18.3. The van der Waals surface area contributed by atoms with Gasteiger partial charge in [0.2, 0.25) is 0 Å². The van der Waals surface area contributed by atoms with E-state index >= 15 is 0 Å². The highest BCUT2D eigenvalue weighted by molar-refractivity contribution is 6.00. The zero-order chi connectivity index (χ0) is 25.9. The maximum atomic E-state index is 13.1. The van der Waals surface area contributed by atoms with E-state index in [1.54, 1.807) is 18.2 Å². The molecule has 188 valence electrons. The Morgan fingerprint density at radius 1 is 1.08 bits per heavy atom. The highest BCUT2D eigenvalue weighted by Crippen LogP contribution is 2.33. The second-order valence-corrected chi connectivity index (χ2v) is 9.36. The van der Waals surface area contributed by atoms with Gasteiger partial charge in [-0.05, 0) is 61.2 Å². The van der Waals surface area contributed by atoms with Crippen molar-refractivity contribution in [3.63, 3.8) is 0 Å². The van der Waals surface area contributed by atoms with Crippen LogP contribution in [0.2, 0.25) is 0 Å². The number of likely N-dealkylation sites (tertiary alicyclic amines) is 1. The third-order valence-electron chi connectivity index (χ3n) is 6.82. The number of amides is 1. The largest absolute Gasteiger partial charge is 0.489 e. The van der Waals surface area contributed by atoms with Gasteiger partial charge in [-0.2, -0.15) is 0 Å². The zero-order valence-corrected chi connectivity index (χ0v) is 20.8. The van der Waals surface area contributed by atoms with Crippen LogP contribution in [0.15, 0.2) is 67.0 Å². The number of aromatic nitrogens is 2. The topological polar surface area (TPSA) is 131 Å². The van der Waals surface area contributed by atoms with Crippen LogP contribution in [0.25, 0.3) is 10.9 Å². The van der Waals surface area contributed by atoms with E-state index in [1.807, 2.05) is 54.3 Å². The van der Waals surface area contributed by atoms with Crippen molar-refractivity contribution in [2.45, 2.75) is 32.4 Å². The fourth-order valence-corrected chi connectivity index (χ4v) is 4.77. The summed E-state index contributed by atoms with van der Waals surface area (Å²) < 4.78 is 6.16. The van der Waals surface area contributed by atoms with Crippen molar-refractivity contribution in [2.24, 2.45) is 11.5 Å². The molecule has 1 atom stereocenters. The van der Waals surface area contributed by atoms with Crippen molar-refractivity contribution in [1.82, 2.24) is 14.9 Å².